The molecular weight excluding hydrogens is 228 g/mol. The average Bonchev–Trinajstić information content (AvgIpc) is 2.61. The number of benzene rings is 1. The molecule has 0 aliphatic rings. The Labute approximate surface area is 98.0 Å². The highest BCUT2D eigenvalue weighted by Gasteiger charge is 1.97. The molecule has 0 radical (unpaired) electrons. The van der Waals surface area contributed by atoms with E-state index in [9.17, 15) is 0 Å². The number of rotatable bonds is 1. The van der Waals surface area contributed by atoms with E-state index in [1.807, 2.05) is 0 Å². The molecular formula is C10H9BrN2. The number of imidazole rings is 1. The Hall–Kier alpha value is -1.09. The topological polar surface area (TPSA) is 17.8 Å². The second-order valence-corrected chi connectivity index (χ2v) is 2.92. The summed E-state index contributed by atoms with van der Waals surface area (Å²) in [6, 6.07) is -2.69. The van der Waals surface area contributed by atoms with Gasteiger partial charge in [-0.25, -0.2) is 4.98 Å². The summed E-state index contributed by atoms with van der Waals surface area (Å²) in [6.07, 6.45) is -0.826. The number of halogens is 1. The minimum absolute atomic E-state index is 0.00628. The van der Waals surface area contributed by atoms with Crippen molar-refractivity contribution in [2.75, 3.05) is 0 Å². The van der Waals surface area contributed by atoms with Gasteiger partial charge >= 0.3 is 0 Å². The van der Waals surface area contributed by atoms with E-state index in [2.05, 4.69) is 20.9 Å². The second kappa shape index (κ2) is 3.34. The number of aromatic nitrogens is 2. The first-order valence-corrected chi connectivity index (χ1v) is 4.10. The van der Waals surface area contributed by atoms with Gasteiger partial charge in [-0.05, 0) is 40.4 Å². The summed E-state index contributed by atoms with van der Waals surface area (Å²) in [6.45, 7) is -2.82. The fraction of sp³-hybridized carbons (Fsp3) is 0.100. The molecule has 0 aliphatic carbocycles. The van der Waals surface area contributed by atoms with Gasteiger partial charge in [-0.15, -0.1) is 0 Å². The van der Waals surface area contributed by atoms with Gasteiger partial charge in [0.1, 0.15) is 12.3 Å². The maximum absolute atomic E-state index is 8.01. The Morgan fingerprint density at radius 2 is 2.54 bits per heavy atom. The van der Waals surface area contributed by atoms with Crippen LogP contribution in [0.1, 0.15) is 17.9 Å². The molecule has 1 aromatic heterocycles. The molecule has 0 fully saturated rings. The maximum Gasteiger partial charge on any atom is 0.124 e. The smallest absolute Gasteiger partial charge is 0.124 e. The molecule has 1 heterocycles. The van der Waals surface area contributed by atoms with Crippen molar-refractivity contribution >= 4 is 15.9 Å². The van der Waals surface area contributed by atoms with E-state index in [1.54, 1.807) is 0 Å². The predicted octanol–water partition coefficient (Wildman–Crippen LogP) is 2.94. The molecule has 0 unspecified atom stereocenters. The van der Waals surface area contributed by atoms with Gasteiger partial charge in [0.05, 0.1) is 6.85 Å². The van der Waals surface area contributed by atoms with Crippen molar-refractivity contribution in [3.63, 3.8) is 0 Å². The minimum Gasteiger partial charge on any atom is -0.305 e. The SMILES string of the molecule is [2H]c1c([2H])c(-n2c([2H])nc(Br)c2[2H])c([2H])c(C([2H])([2H])[2H])c1[2H]. The molecule has 0 aliphatic heterocycles. The largest absolute Gasteiger partial charge is 0.305 e. The van der Waals surface area contributed by atoms with E-state index in [4.69, 9.17) is 12.3 Å². The van der Waals surface area contributed by atoms with E-state index in [0.717, 1.165) is 4.57 Å². The number of hydrogen-bond acceptors (Lipinski definition) is 1. The van der Waals surface area contributed by atoms with Crippen molar-refractivity contribution in [2.45, 2.75) is 6.85 Å². The lowest BCUT2D eigenvalue weighted by atomic mass is 10.2. The third-order valence-corrected chi connectivity index (χ3v) is 1.64. The molecule has 2 rings (SSSR count). The Bertz CT molecular complexity index is 765. The molecule has 2 nitrogen and oxygen atoms in total. The Morgan fingerprint density at radius 1 is 1.62 bits per heavy atom. The number of hydrogen-bond donors (Lipinski definition) is 0. The Balaban J connectivity index is 2.97. The molecule has 0 saturated carbocycles. The lowest BCUT2D eigenvalue weighted by molar-refractivity contribution is 1.05. The van der Waals surface area contributed by atoms with Crippen LogP contribution in [0, 0.1) is 6.85 Å². The zero-order chi connectivity index (χ0) is 17.0. The van der Waals surface area contributed by atoms with Crippen molar-refractivity contribution in [3.05, 3.63) is 46.8 Å². The molecule has 66 valence electrons. The summed E-state index contributed by atoms with van der Waals surface area (Å²) >= 11 is 2.95. The normalized spacial score (nSPS) is 21.2. The molecule has 0 amide bonds. The van der Waals surface area contributed by atoms with Gasteiger partial charge in [0.2, 0.25) is 0 Å². The van der Waals surface area contributed by atoms with Crippen LogP contribution in [0.15, 0.2) is 41.2 Å². The first kappa shape index (κ1) is 2.95. The molecule has 0 spiro atoms. The summed E-state index contributed by atoms with van der Waals surface area (Å²) in [5.74, 6) is 0. The summed E-state index contributed by atoms with van der Waals surface area (Å²) < 4.78 is 69.8. The van der Waals surface area contributed by atoms with Crippen molar-refractivity contribution in [1.29, 1.82) is 0 Å². The van der Waals surface area contributed by atoms with E-state index in [-0.39, 0.29) is 10.8 Å². The first-order chi connectivity index (χ1) is 9.98. The quantitative estimate of drug-likeness (QED) is 0.756. The van der Waals surface area contributed by atoms with Crippen molar-refractivity contribution in [1.82, 2.24) is 9.55 Å². The average molecular weight is 246 g/mol. The summed E-state index contributed by atoms with van der Waals surface area (Å²) in [5, 5.41) is 0. The van der Waals surface area contributed by atoms with Crippen LogP contribution in [0.4, 0.5) is 0 Å². The van der Waals surface area contributed by atoms with Gasteiger partial charge in [0, 0.05) is 16.0 Å². The van der Waals surface area contributed by atoms with Gasteiger partial charge in [-0.2, -0.15) is 0 Å². The Morgan fingerprint density at radius 3 is 3.23 bits per heavy atom. The fourth-order valence-corrected chi connectivity index (χ4v) is 1.04. The monoisotopic (exact) mass is 245 g/mol. The molecule has 0 N–H and O–H groups in total. The van der Waals surface area contributed by atoms with Crippen LogP contribution in [-0.2, 0) is 0 Å². The van der Waals surface area contributed by atoms with Crippen LogP contribution < -0.4 is 0 Å². The highest BCUT2D eigenvalue weighted by molar-refractivity contribution is 9.10. The minimum atomic E-state index is -2.82. The molecule has 1 aromatic carbocycles. The van der Waals surface area contributed by atoms with E-state index in [0.29, 0.717) is 0 Å². The van der Waals surface area contributed by atoms with Crippen LogP contribution in [0.3, 0.4) is 0 Å². The molecule has 0 atom stereocenters. The van der Waals surface area contributed by atoms with Crippen molar-refractivity contribution < 1.29 is 12.3 Å². The first-order valence-electron chi connectivity index (χ1n) is 7.81. The predicted molar refractivity (Wildman–Crippen MR) is 56.0 cm³/mol. The highest BCUT2D eigenvalue weighted by atomic mass is 79.9. The standard InChI is InChI=1S/C10H9BrN2/c1-8-3-2-4-9(5-8)13-6-10(11)12-7-13/h2-7H,1H3/i1D3,2D,3D,4D,5D,6D,7D. The lowest BCUT2D eigenvalue weighted by Gasteiger charge is -2.01. The van der Waals surface area contributed by atoms with Gasteiger partial charge in [0.15, 0.2) is 0 Å². The van der Waals surface area contributed by atoms with Gasteiger partial charge in [-0.3, -0.25) is 0 Å². The van der Waals surface area contributed by atoms with E-state index in [1.165, 1.54) is 0 Å². The van der Waals surface area contributed by atoms with Gasteiger partial charge < -0.3 is 4.57 Å². The van der Waals surface area contributed by atoms with Crippen LogP contribution in [-0.4, -0.2) is 9.55 Å². The zero-order valence-corrected chi connectivity index (χ0v) is 7.86. The van der Waals surface area contributed by atoms with E-state index >= 15 is 0 Å². The lowest BCUT2D eigenvalue weighted by Crippen LogP contribution is -1.89. The highest BCUT2D eigenvalue weighted by Crippen LogP contribution is 2.12. The van der Waals surface area contributed by atoms with Crippen molar-refractivity contribution in [2.24, 2.45) is 0 Å². The van der Waals surface area contributed by atoms with Crippen molar-refractivity contribution in [3.8, 4) is 5.69 Å². The summed E-state index contributed by atoms with van der Waals surface area (Å²) in [5.41, 5.74) is -1.10. The van der Waals surface area contributed by atoms with Crippen LogP contribution in [0.25, 0.3) is 5.69 Å². The molecule has 3 heteroatoms. The number of nitrogens with zero attached hydrogens (tertiary/aromatic N) is 2. The van der Waals surface area contributed by atoms with Gasteiger partial charge in [-0.1, -0.05) is 12.1 Å². The van der Waals surface area contributed by atoms with Crippen LogP contribution in [0.2, 0.25) is 0 Å². The Kier molecular flexibility index (Phi) is 0.759. The van der Waals surface area contributed by atoms with Crippen LogP contribution in [0.5, 0.6) is 0 Å². The molecule has 2 aromatic rings. The zero-order valence-electron chi connectivity index (χ0n) is 15.3. The summed E-state index contributed by atoms with van der Waals surface area (Å²) in [4.78, 5) is 3.66. The second-order valence-electron chi connectivity index (χ2n) is 2.17. The van der Waals surface area contributed by atoms with Crippen LogP contribution >= 0.6 is 15.9 Å². The molecule has 0 bridgehead atoms. The molecule has 13 heavy (non-hydrogen) atoms. The molecule has 0 saturated heterocycles. The van der Waals surface area contributed by atoms with Gasteiger partial charge in [0.25, 0.3) is 0 Å². The van der Waals surface area contributed by atoms with E-state index < -0.39 is 48.6 Å². The fourth-order valence-electron chi connectivity index (χ4n) is 0.788. The summed E-state index contributed by atoms with van der Waals surface area (Å²) in [7, 11) is 0. The third kappa shape index (κ3) is 1.80. The maximum atomic E-state index is 8.01. The third-order valence-electron chi connectivity index (χ3n) is 1.29.